The standard InChI is InChI=1S/C19H18F3N3/c1-14-13-24(16-5-3-2-4-6-16)9-10-25(14)17-8-7-15(12-23)18(11-17)19(20,21)22/h2-8,11,14H,9-10,13H2,1H3/t14-/m0/s1. The maximum absolute atomic E-state index is 13.2. The number of hydrogen-bond donors (Lipinski definition) is 0. The third kappa shape index (κ3) is 3.55. The molecule has 0 aromatic heterocycles. The van der Waals surface area contributed by atoms with E-state index >= 15 is 0 Å². The van der Waals surface area contributed by atoms with E-state index in [1.54, 1.807) is 12.1 Å². The van der Waals surface area contributed by atoms with Gasteiger partial charge < -0.3 is 9.80 Å². The zero-order valence-electron chi connectivity index (χ0n) is 13.8. The molecule has 1 aliphatic rings. The van der Waals surface area contributed by atoms with Gasteiger partial charge in [-0.05, 0) is 37.3 Å². The van der Waals surface area contributed by atoms with E-state index in [2.05, 4.69) is 4.90 Å². The highest BCUT2D eigenvalue weighted by Gasteiger charge is 2.35. The molecule has 0 radical (unpaired) electrons. The average Bonchev–Trinajstić information content (AvgIpc) is 2.61. The summed E-state index contributed by atoms with van der Waals surface area (Å²) < 4.78 is 39.6. The molecule has 0 aliphatic carbocycles. The fourth-order valence-electron chi connectivity index (χ4n) is 3.26. The average molecular weight is 345 g/mol. The summed E-state index contributed by atoms with van der Waals surface area (Å²) in [5, 5.41) is 8.93. The van der Waals surface area contributed by atoms with Crippen LogP contribution in [0.25, 0.3) is 0 Å². The monoisotopic (exact) mass is 345 g/mol. The van der Waals surface area contributed by atoms with Crippen molar-refractivity contribution in [3.63, 3.8) is 0 Å². The molecule has 0 spiro atoms. The Morgan fingerprint density at radius 2 is 1.76 bits per heavy atom. The molecular formula is C19H18F3N3. The topological polar surface area (TPSA) is 30.3 Å². The molecular weight excluding hydrogens is 327 g/mol. The van der Waals surface area contributed by atoms with Crippen molar-refractivity contribution in [3.05, 3.63) is 59.7 Å². The van der Waals surface area contributed by atoms with Crippen LogP contribution in [0.4, 0.5) is 24.5 Å². The van der Waals surface area contributed by atoms with E-state index in [9.17, 15) is 13.2 Å². The number of piperazine rings is 1. The molecule has 3 rings (SSSR count). The minimum Gasteiger partial charge on any atom is -0.368 e. The van der Waals surface area contributed by atoms with Gasteiger partial charge in [-0.3, -0.25) is 0 Å². The Morgan fingerprint density at radius 3 is 2.36 bits per heavy atom. The molecule has 0 N–H and O–H groups in total. The van der Waals surface area contributed by atoms with Gasteiger partial charge >= 0.3 is 6.18 Å². The quantitative estimate of drug-likeness (QED) is 0.813. The Morgan fingerprint density at radius 1 is 1.04 bits per heavy atom. The maximum Gasteiger partial charge on any atom is 0.417 e. The van der Waals surface area contributed by atoms with E-state index < -0.39 is 11.7 Å². The first-order valence-corrected chi connectivity index (χ1v) is 8.08. The van der Waals surface area contributed by atoms with Crippen molar-refractivity contribution in [2.45, 2.75) is 19.1 Å². The van der Waals surface area contributed by atoms with E-state index in [1.807, 2.05) is 42.2 Å². The lowest BCUT2D eigenvalue weighted by Crippen LogP contribution is -2.52. The van der Waals surface area contributed by atoms with Crippen molar-refractivity contribution in [3.8, 4) is 6.07 Å². The molecule has 1 fully saturated rings. The number of nitriles is 1. The molecule has 2 aromatic rings. The first-order chi connectivity index (χ1) is 11.9. The van der Waals surface area contributed by atoms with E-state index in [0.717, 1.165) is 24.8 Å². The van der Waals surface area contributed by atoms with Gasteiger partial charge in [0.2, 0.25) is 0 Å². The van der Waals surface area contributed by atoms with Gasteiger partial charge in [0.1, 0.15) is 0 Å². The first kappa shape index (κ1) is 17.2. The lowest BCUT2D eigenvalue weighted by atomic mass is 10.0. The van der Waals surface area contributed by atoms with Gasteiger partial charge in [0.15, 0.2) is 0 Å². The smallest absolute Gasteiger partial charge is 0.368 e. The van der Waals surface area contributed by atoms with Crippen molar-refractivity contribution in [2.75, 3.05) is 29.4 Å². The molecule has 3 nitrogen and oxygen atoms in total. The number of halogens is 3. The molecule has 6 heteroatoms. The molecule has 1 aliphatic heterocycles. The summed E-state index contributed by atoms with van der Waals surface area (Å²) in [7, 11) is 0. The highest BCUT2D eigenvalue weighted by atomic mass is 19.4. The summed E-state index contributed by atoms with van der Waals surface area (Å²) in [5.74, 6) is 0. The number of nitrogens with zero attached hydrogens (tertiary/aromatic N) is 3. The third-order valence-electron chi connectivity index (χ3n) is 4.51. The fourth-order valence-corrected chi connectivity index (χ4v) is 3.26. The highest BCUT2D eigenvalue weighted by Crippen LogP contribution is 2.35. The van der Waals surface area contributed by atoms with E-state index in [1.165, 1.54) is 6.07 Å². The van der Waals surface area contributed by atoms with Crippen LogP contribution in [0.3, 0.4) is 0 Å². The van der Waals surface area contributed by atoms with Crippen molar-refractivity contribution in [1.82, 2.24) is 0 Å². The van der Waals surface area contributed by atoms with Crippen LogP contribution in [0.15, 0.2) is 48.5 Å². The summed E-state index contributed by atoms with van der Waals surface area (Å²) in [6.07, 6.45) is -4.53. The van der Waals surface area contributed by atoms with Crippen LogP contribution in [-0.2, 0) is 6.18 Å². The van der Waals surface area contributed by atoms with Crippen LogP contribution in [-0.4, -0.2) is 25.7 Å². The van der Waals surface area contributed by atoms with Crippen molar-refractivity contribution in [1.29, 1.82) is 5.26 Å². The zero-order chi connectivity index (χ0) is 18.0. The molecule has 0 amide bonds. The number of para-hydroxylation sites is 1. The van der Waals surface area contributed by atoms with Crippen LogP contribution in [0, 0.1) is 11.3 Å². The normalized spacial score (nSPS) is 18.1. The fraction of sp³-hybridized carbons (Fsp3) is 0.316. The van der Waals surface area contributed by atoms with Crippen molar-refractivity contribution >= 4 is 11.4 Å². The molecule has 2 aromatic carbocycles. The first-order valence-electron chi connectivity index (χ1n) is 8.08. The summed E-state index contributed by atoms with van der Waals surface area (Å²) in [6, 6.07) is 15.6. The second kappa shape index (κ2) is 6.67. The Labute approximate surface area is 144 Å². The van der Waals surface area contributed by atoms with Gasteiger partial charge in [-0.15, -0.1) is 0 Å². The maximum atomic E-state index is 13.2. The van der Waals surface area contributed by atoms with Gasteiger partial charge in [0.05, 0.1) is 17.2 Å². The predicted molar refractivity (Wildman–Crippen MR) is 91.6 cm³/mol. The number of rotatable bonds is 2. The molecule has 0 unspecified atom stereocenters. The second-order valence-corrected chi connectivity index (χ2v) is 6.16. The van der Waals surface area contributed by atoms with Gasteiger partial charge in [0, 0.05) is 37.1 Å². The highest BCUT2D eigenvalue weighted by molar-refractivity contribution is 5.57. The summed E-state index contributed by atoms with van der Waals surface area (Å²) in [6.45, 7) is 4.08. The van der Waals surface area contributed by atoms with Crippen LogP contribution in [0.5, 0.6) is 0 Å². The number of benzene rings is 2. The molecule has 0 saturated carbocycles. The Hall–Kier alpha value is -2.68. The minimum atomic E-state index is -4.53. The Kier molecular flexibility index (Phi) is 4.58. The molecule has 1 heterocycles. The lowest BCUT2D eigenvalue weighted by molar-refractivity contribution is -0.137. The van der Waals surface area contributed by atoms with Crippen LogP contribution >= 0.6 is 0 Å². The van der Waals surface area contributed by atoms with E-state index in [4.69, 9.17) is 5.26 Å². The Balaban J connectivity index is 1.83. The van der Waals surface area contributed by atoms with Crippen molar-refractivity contribution in [2.24, 2.45) is 0 Å². The molecule has 25 heavy (non-hydrogen) atoms. The SMILES string of the molecule is C[C@H]1CN(c2ccccc2)CCN1c1ccc(C#N)c(C(F)(F)F)c1. The third-order valence-corrected chi connectivity index (χ3v) is 4.51. The summed E-state index contributed by atoms with van der Waals surface area (Å²) in [5.41, 5.74) is 0.411. The lowest BCUT2D eigenvalue weighted by Gasteiger charge is -2.42. The van der Waals surface area contributed by atoms with Crippen LogP contribution < -0.4 is 9.80 Å². The summed E-state index contributed by atoms with van der Waals surface area (Å²) >= 11 is 0. The number of hydrogen-bond acceptors (Lipinski definition) is 3. The van der Waals surface area contributed by atoms with Gasteiger partial charge in [0.25, 0.3) is 0 Å². The van der Waals surface area contributed by atoms with Gasteiger partial charge in [-0.25, -0.2) is 0 Å². The Bertz CT molecular complexity index is 781. The van der Waals surface area contributed by atoms with Gasteiger partial charge in [-0.2, -0.15) is 18.4 Å². The largest absolute Gasteiger partial charge is 0.417 e. The second-order valence-electron chi connectivity index (χ2n) is 6.16. The predicted octanol–water partition coefficient (Wildman–Crippen LogP) is 4.29. The van der Waals surface area contributed by atoms with Crippen molar-refractivity contribution < 1.29 is 13.2 Å². The zero-order valence-corrected chi connectivity index (χ0v) is 13.8. The summed E-state index contributed by atoms with van der Waals surface area (Å²) in [4.78, 5) is 4.20. The number of anilines is 2. The molecule has 130 valence electrons. The number of alkyl halides is 3. The van der Waals surface area contributed by atoms with E-state index in [0.29, 0.717) is 12.2 Å². The molecule has 0 bridgehead atoms. The van der Waals surface area contributed by atoms with Gasteiger partial charge in [-0.1, -0.05) is 18.2 Å². The minimum absolute atomic E-state index is 0.0583. The van der Waals surface area contributed by atoms with Crippen LogP contribution in [0.2, 0.25) is 0 Å². The molecule has 1 saturated heterocycles. The van der Waals surface area contributed by atoms with Crippen LogP contribution in [0.1, 0.15) is 18.1 Å². The van der Waals surface area contributed by atoms with E-state index in [-0.39, 0.29) is 11.6 Å². The molecule has 1 atom stereocenters.